The van der Waals surface area contributed by atoms with Crippen molar-refractivity contribution in [2.45, 2.75) is 25.8 Å². The topological polar surface area (TPSA) is 12.0 Å². The van der Waals surface area contributed by atoms with E-state index in [-0.39, 0.29) is 17.7 Å². The van der Waals surface area contributed by atoms with E-state index in [2.05, 4.69) is 12.2 Å². The van der Waals surface area contributed by atoms with Gasteiger partial charge in [0.1, 0.15) is 11.6 Å². The first-order valence-electron chi connectivity index (χ1n) is 5.35. The molecule has 1 nitrogen and oxygen atoms in total. The average molecular weight is 211 g/mol. The van der Waals surface area contributed by atoms with Crippen molar-refractivity contribution in [3.8, 4) is 0 Å². The van der Waals surface area contributed by atoms with Gasteiger partial charge in [0.05, 0.1) is 0 Å². The largest absolute Gasteiger partial charge is 0.310 e. The second kappa shape index (κ2) is 4.27. The molecule has 1 aliphatic rings. The molecule has 82 valence electrons. The van der Waals surface area contributed by atoms with Gasteiger partial charge in [0.15, 0.2) is 0 Å². The Morgan fingerprint density at radius 3 is 2.73 bits per heavy atom. The average Bonchev–Trinajstić information content (AvgIpc) is 2.23. The van der Waals surface area contributed by atoms with Crippen molar-refractivity contribution >= 4 is 0 Å². The van der Waals surface area contributed by atoms with Crippen LogP contribution in [0, 0.1) is 17.6 Å². The summed E-state index contributed by atoms with van der Waals surface area (Å²) >= 11 is 0. The van der Waals surface area contributed by atoms with Gasteiger partial charge in [-0.3, -0.25) is 0 Å². The molecular weight excluding hydrogens is 196 g/mol. The van der Waals surface area contributed by atoms with Crippen LogP contribution in [0.4, 0.5) is 8.78 Å². The molecule has 2 rings (SSSR count). The van der Waals surface area contributed by atoms with Gasteiger partial charge >= 0.3 is 0 Å². The number of halogens is 2. The first kappa shape index (κ1) is 10.6. The predicted octanol–water partition coefficient (Wildman–Crippen LogP) is 3.03. The molecular formula is C12H15F2N. The van der Waals surface area contributed by atoms with Crippen LogP contribution in [0.15, 0.2) is 18.2 Å². The highest BCUT2D eigenvalue weighted by atomic mass is 19.1. The standard InChI is InChI=1S/C12H15F2N/c1-8-2-5-12(15-7-8)10-6-9(13)3-4-11(10)14/h3-4,6,8,12,15H,2,5,7H2,1H3. The summed E-state index contributed by atoms with van der Waals surface area (Å²) in [5.74, 6) is -0.0619. The number of piperidine rings is 1. The normalized spacial score (nSPS) is 26.6. The molecule has 0 aromatic heterocycles. The zero-order valence-corrected chi connectivity index (χ0v) is 8.76. The molecule has 0 radical (unpaired) electrons. The number of rotatable bonds is 1. The van der Waals surface area contributed by atoms with Crippen LogP contribution in [0.5, 0.6) is 0 Å². The molecule has 1 aromatic carbocycles. The molecule has 2 atom stereocenters. The van der Waals surface area contributed by atoms with Crippen molar-refractivity contribution in [1.29, 1.82) is 0 Å². The quantitative estimate of drug-likeness (QED) is 0.753. The third kappa shape index (κ3) is 2.34. The first-order chi connectivity index (χ1) is 7.16. The lowest BCUT2D eigenvalue weighted by atomic mass is 9.92. The Morgan fingerprint density at radius 2 is 2.07 bits per heavy atom. The van der Waals surface area contributed by atoms with E-state index in [1.165, 1.54) is 12.1 Å². The summed E-state index contributed by atoms with van der Waals surface area (Å²) in [6, 6.07) is 3.62. The van der Waals surface area contributed by atoms with Crippen LogP contribution in [0.2, 0.25) is 0 Å². The van der Waals surface area contributed by atoms with E-state index in [4.69, 9.17) is 0 Å². The van der Waals surface area contributed by atoms with Crippen LogP contribution >= 0.6 is 0 Å². The minimum atomic E-state index is -0.369. The Labute approximate surface area is 88.5 Å². The molecule has 0 amide bonds. The second-order valence-electron chi connectivity index (χ2n) is 4.31. The minimum Gasteiger partial charge on any atom is -0.310 e. The Balaban J connectivity index is 2.18. The summed E-state index contributed by atoms with van der Waals surface area (Å²) < 4.78 is 26.4. The van der Waals surface area contributed by atoms with Gasteiger partial charge in [-0.15, -0.1) is 0 Å². The molecule has 1 fully saturated rings. The molecule has 0 saturated carbocycles. The number of hydrogen-bond acceptors (Lipinski definition) is 1. The molecule has 1 aromatic rings. The number of hydrogen-bond donors (Lipinski definition) is 1. The molecule has 15 heavy (non-hydrogen) atoms. The van der Waals surface area contributed by atoms with Crippen molar-refractivity contribution in [2.24, 2.45) is 5.92 Å². The maximum absolute atomic E-state index is 13.4. The highest BCUT2D eigenvalue weighted by molar-refractivity contribution is 5.22. The monoisotopic (exact) mass is 211 g/mol. The fraction of sp³-hybridized carbons (Fsp3) is 0.500. The molecule has 1 heterocycles. The maximum Gasteiger partial charge on any atom is 0.128 e. The highest BCUT2D eigenvalue weighted by Gasteiger charge is 2.21. The molecule has 2 unspecified atom stereocenters. The van der Waals surface area contributed by atoms with Gasteiger partial charge in [0, 0.05) is 11.6 Å². The molecule has 1 N–H and O–H groups in total. The van der Waals surface area contributed by atoms with Crippen LogP contribution in [-0.4, -0.2) is 6.54 Å². The number of nitrogens with one attached hydrogen (secondary N) is 1. The van der Waals surface area contributed by atoms with Gasteiger partial charge in [-0.1, -0.05) is 6.92 Å². The molecule has 3 heteroatoms. The van der Waals surface area contributed by atoms with Gasteiger partial charge < -0.3 is 5.32 Å². The van der Waals surface area contributed by atoms with Crippen LogP contribution in [0.1, 0.15) is 31.4 Å². The first-order valence-corrected chi connectivity index (χ1v) is 5.35. The smallest absolute Gasteiger partial charge is 0.128 e. The third-order valence-electron chi connectivity index (χ3n) is 2.99. The fourth-order valence-corrected chi connectivity index (χ4v) is 2.05. The van der Waals surface area contributed by atoms with Gasteiger partial charge in [0.25, 0.3) is 0 Å². The second-order valence-corrected chi connectivity index (χ2v) is 4.31. The summed E-state index contributed by atoms with van der Waals surface area (Å²) in [6.07, 6.45) is 1.94. The van der Waals surface area contributed by atoms with Crippen molar-refractivity contribution in [3.05, 3.63) is 35.4 Å². The van der Waals surface area contributed by atoms with Crippen molar-refractivity contribution in [1.82, 2.24) is 5.32 Å². The molecule has 1 aliphatic heterocycles. The molecule has 0 aliphatic carbocycles. The predicted molar refractivity (Wildman–Crippen MR) is 55.5 cm³/mol. The molecule has 0 spiro atoms. The van der Waals surface area contributed by atoms with Crippen LogP contribution < -0.4 is 5.32 Å². The summed E-state index contributed by atoms with van der Waals surface area (Å²) in [6.45, 7) is 3.03. The lowest BCUT2D eigenvalue weighted by Gasteiger charge is -2.28. The van der Waals surface area contributed by atoms with Gasteiger partial charge in [-0.2, -0.15) is 0 Å². The minimum absolute atomic E-state index is 0.0306. The summed E-state index contributed by atoms with van der Waals surface area (Å²) in [7, 11) is 0. The zero-order chi connectivity index (χ0) is 10.8. The van der Waals surface area contributed by atoms with E-state index in [0.29, 0.717) is 11.5 Å². The van der Waals surface area contributed by atoms with Crippen LogP contribution in [0.25, 0.3) is 0 Å². The van der Waals surface area contributed by atoms with Gasteiger partial charge in [0.2, 0.25) is 0 Å². The third-order valence-corrected chi connectivity index (χ3v) is 2.99. The Bertz CT molecular complexity index is 343. The van der Waals surface area contributed by atoms with Gasteiger partial charge in [-0.05, 0) is 43.5 Å². The zero-order valence-electron chi connectivity index (χ0n) is 8.76. The molecule has 1 saturated heterocycles. The molecule has 0 bridgehead atoms. The fourth-order valence-electron chi connectivity index (χ4n) is 2.05. The lowest BCUT2D eigenvalue weighted by Crippen LogP contribution is -2.32. The van der Waals surface area contributed by atoms with E-state index in [0.717, 1.165) is 25.5 Å². The summed E-state index contributed by atoms with van der Waals surface area (Å²) in [5, 5.41) is 3.25. The lowest BCUT2D eigenvalue weighted by molar-refractivity contribution is 0.326. The SMILES string of the molecule is CC1CCC(c2cc(F)ccc2F)NC1. The Hall–Kier alpha value is -0.960. The van der Waals surface area contributed by atoms with Crippen molar-refractivity contribution < 1.29 is 8.78 Å². The van der Waals surface area contributed by atoms with E-state index < -0.39 is 0 Å². The number of benzene rings is 1. The van der Waals surface area contributed by atoms with Crippen LogP contribution in [0.3, 0.4) is 0 Å². The van der Waals surface area contributed by atoms with Crippen molar-refractivity contribution in [2.75, 3.05) is 6.54 Å². The van der Waals surface area contributed by atoms with E-state index in [1.807, 2.05) is 0 Å². The van der Waals surface area contributed by atoms with E-state index in [9.17, 15) is 8.78 Å². The van der Waals surface area contributed by atoms with E-state index in [1.54, 1.807) is 0 Å². The van der Waals surface area contributed by atoms with Crippen LogP contribution in [-0.2, 0) is 0 Å². The summed E-state index contributed by atoms with van der Waals surface area (Å²) in [5.41, 5.74) is 0.460. The van der Waals surface area contributed by atoms with Crippen molar-refractivity contribution in [3.63, 3.8) is 0 Å². The Kier molecular flexibility index (Phi) is 3.00. The van der Waals surface area contributed by atoms with Gasteiger partial charge in [-0.25, -0.2) is 8.78 Å². The van der Waals surface area contributed by atoms with E-state index >= 15 is 0 Å². The maximum atomic E-state index is 13.4. The summed E-state index contributed by atoms with van der Waals surface area (Å²) in [4.78, 5) is 0. The Morgan fingerprint density at radius 1 is 1.27 bits per heavy atom. The highest BCUT2D eigenvalue weighted by Crippen LogP contribution is 2.27.